The third-order valence-electron chi connectivity index (χ3n) is 3.29. The highest BCUT2D eigenvalue weighted by Crippen LogP contribution is 2.35. The molecule has 0 radical (unpaired) electrons. The minimum Gasteiger partial charge on any atom is -0.300 e. The van der Waals surface area contributed by atoms with Crippen LogP contribution in [0.4, 0.5) is 10.1 Å². The molecule has 0 aromatic heterocycles. The van der Waals surface area contributed by atoms with Gasteiger partial charge >= 0.3 is 0 Å². The first kappa shape index (κ1) is 14.2. The van der Waals surface area contributed by atoms with E-state index in [1.807, 2.05) is 0 Å². The van der Waals surface area contributed by atoms with Gasteiger partial charge in [0.1, 0.15) is 5.82 Å². The summed E-state index contributed by atoms with van der Waals surface area (Å²) in [6.07, 6.45) is 0. The molecule has 6 heteroatoms. The summed E-state index contributed by atoms with van der Waals surface area (Å²) in [6.45, 7) is -0.0413. The smallest absolute Gasteiger partial charge is 0.299 e. The summed E-state index contributed by atoms with van der Waals surface area (Å²) in [7, 11) is 0. The molecular weight excluding hydrogens is 361 g/mol. The molecule has 2 aromatic rings. The van der Waals surface area contributed by atoms with Gasteiger partial charge in [-0.25, -0.2) is 4.39 Å². The second kappa shape index (κ2) is 5.24. The molecule has 21 heavy (non-hydrogen) atoms. The maximum Gasteiger partial charge on any atom is 0.299 e. The Morgan fingerprint density at radius 3 is 2.71 bits per heavy atom. The fourth-order valence-electron chi connectivity index (χ4n) is 2.29. The van der Waals surface area contributed by atoms with Crippen LogP contribution in [0.15, 0.2) is 40.9 Å². The molecule has 106 valence electrons. The van der Waals surface area contributed by atoms with Crippen molar-refractivity contribution >= 4 is 44.9 Å². The topological polar surface area (TPSA) is 37.4 Å². The van der Waals surface area contributed by atoms with Gasteiger partial charge in [0.25, 0.3) is 11.7 Å². The van der Waals surface area contributed by atoms with Gasteiger partial charge in [-0.3, -0.25) is 9.59 Å². The van der Waals surface area contributed by atoms with Crippen LogP contribution in [0.1, 0.15) is 15.9 Å². The van der Waals surface area contributed by atoms with E-state index in [1.165, 1.54) is 23.1 Å². The van der Waals surface area contributed by atoms with Crippen LogP contribution in [-0.4, -0.2) is 11.7 Å². The third-order valence-corrected chi connectivity index (χ3v) is 4.18. The SMILES string of the molecule is O=C1C(=O)N(Cc2cc(Cl)ccc2F)c2cccc(Br)c21. The number of halogens is 3. The minimum atomic E-state index is -0.670. The van der Waals surface area contributed by atoms with Crippen LogP contribution in [0, 0.1) is 5.82 Å². The molecule has 0 bridgehead atoms. The summed E-state index contributed by atoms with van der Waals surface area (Å²) in [6, 6.07) is 9.18. The van der Waals surface area contributed by atoms with Crippen molar-refractivity contribution in [1.82, 2.24) is 0 Å². The molecule has 1 aliphatic heterocycles. The van der Waals surface area contributed by atoms with Crippen LogP contribution in [0.2, 0.25) is 5.02 Å². The number of carbonyl (C=O) groups is 2. The molecule has 0 saturated carbocycles. The van der Waals surface area contributed by atoms with Gasteiger partial charge in [-0.1, -0.05) is 17.7 Å². The van der Waals surface area contributed by atoms with Crippen molar-refractivity contribution in [2.45, 2.75) is 6.54 Å². The Hall–Kier alpha value is -1.72. The third kappa shape index (κ3) is 2.36. The number of benzene rings is 2. The Bertz CT molecular complexity index is 778. The summed E-state index contributed by atoms with van der Waals surface area (Å²) in [5.41, 5.74) is 1.04. The number of anilines is 1. The number of hydrogen-bond acceptors (Lipinski definition) is 2. The van der Waals surface area contributed by atoms with Gasteiger partial charge in [-0.05, 0) is 46.3 Å². The highest BCUT2D eigenvalue weighted by atomic mass is 79.9. The molecule has 0 N–H and O–H groups in total. The van der Waals surface area contributed by atoms with Crippen molar-refractivity contribution in [3.05, 3.63) is 62.8 Å². The monoisotopic (exact) mass is 367 g/mol. The average molecular weight is 369 g/mol. The number of amides is 1. The second-order valence-corrected chi connectivity index (χ2v) is 5.88. The molecule has 0 unspecified atom stereocenters. The maximum atomic E-state index is 13.8. The van der Waals surface area contributed by atoms with Gasteiger partial charge in [0, 0.05) is 15.1 Å². The lowest BCUT2D eigenvalue weighted by Crippen LogP contribution is -2.29. The fraction of sp³-hybridized carbons (Fsp3) is 0.0667. The average Bonchev–Trinajstić information content (AvgIpc) is 2.69. The Morgan fingerprint density at radius 1 is 1.19 bits per heavy atom. The first-order chi connectivity index (χ1) is 9.99. The molecule has 0 atom stereocenters. The number of fused-ring (bicyclic) bond motifs is 1. The van der Waals surface area contributed by atoms with Crippen LogP contribution in [0.25, 0.3) is 0 Å². The van der Waals surface area contributed by atoms with E-state index in [-0.39, 0.29) is 12.1 Å². The molecule has 0 fully saturated rings. The molecule has 0 aliphatic carbocycles. The predicted molar refractivity (Wildman–Crippen MR) is 81.1 cm³/mol. The number of hydrogen-bond donors (Lipinski definition) is 0. The van der Waals surface area contributed by atoms with E-state index in [2.05, 4.69) is 15.9 Å². The van der Waals surface area contributed by atoms with Crippen LogP contribution >= 0.6 is 27.5 Å². The lowest BCUT2D eigenvalue weighted by atomic mass is 10.1. The van der Waals surface area contributed by atoms with Crippen molar-refractivity contribution in [3.8, 4) is 0 Å². The predicted octanol–water partition coefficient (Wildman–Crippen LogP) is 3.97. The Morgan fingerprint density at radius 2 is 1.95 bits per heavy atom. The molecule has 2 aromatic carbocycles. The van der Waals surface area contributed by atoms with Crippen molar-refractivity contribution in [3.63, 3.8) is 0 Å². The molecule has 3 nitrogen and oxygen atoms in total. The second-order valence-electron chi connectivity index (χ2n) is 4.59. The summed E-state index contributed by atoms with van der Waals surface area (Å²) in [4.78, 5) is 25.4. The zero-order chi connectivity index (χ0) is 15.1. The molecule has 1 aliphatic rings. The van der Waals surface area contributed by atoms with Crippen LogP contribution in [0.5, 0.6) is 0 Å². The van der Waals surface area contributed by atoms with Gasteiger partial charge in [0.2, 0.25) is 0 Å². The normalized spacial score (nSPS) is 13.8. The maximum absolute atomic E-state index is 13.8. The number of Topliss-reactive ketones (excluding diaryl/α,β-unsaturated/α-hetero) is 1. The van der Waals surface area contributed by atoms with Crippen LogP contribution < -0.4 is 4.90 Å². The standard InChI is InChI=1S/C15H8BrClFNO2/c16-10-2-1-3-12-13(10)14(20)15(21)19(12)7-8-6-9(17)4-5-11(8)18/h1-6H,7H2. The fourth-order valence-corrected chi connectivity index (χ4v) is 3.02. The Kier molecular flexibility index (Phi) is 3.55. The molecule has 1 heterocycles. The Balaban J connectivity index is 2.05. The van der Waals surface area contributed by atoms with Crippen molar-refractivity contribution in [2.24, 2.45) is 0 Å². The van der Waals surface area contributed by atoms with Crippen LogP contribution in [-0.2, 0) is 11.3 Å². The van der Waals surface area contributed by atoms with Gasteiger partial charge in [-0.2, -0.15) is 0 Å². The van der Waals surface area contributed by atoms with Gasteiger partial charge < -0.3 is 4.90 Å². The van der Waals surface area contributed by atoms with E-state index in [9.17, 15) is 14.0 Å². The molecule has 0 saturated heterocycles. The number of rotatable bonds is 2. The van der Waals surface area contributed by atoms with Gasteiger partial charge in [0.05, 0.1) is 17.8 Å². The van der Waals surface area contributed by atoms with Crippen LogP contribution in [0.3, 0.4) is 0 Å². The van der Waals surface area contributed by atoms with E-state index < -0.39 is 17.5 Å². The van der Waals surface area contributed by atoms with E-state index in [1.54, 1.807) is 18.2 Å². The zero-order valence-electron chi connectivity index (χ0n) is 10.6. The number of carbonyl (C=O) groups excluding carboxylic acids is 2. The van der Waals surface area contributed by atoms with E-state index >= 15 is 0 Å². The summed E-state index contributed by atoms with van der Waals surface area (Å²) < 4.78 is 14.4. The lowest BCUT2D eigenvalue weighted by Gasteiger charge is -2.17. The number of ketones is 1. The van der Waals surface area contributed by atoms with Gasteiger partial charge in [0.15, 0.2) is 0 Å². The first-order valence-electron chi connectivity index (χ1n) is 6.07. The highest BCUT2D eigenvalue weighted by Gasteiger charge is 2.37. The largest absolute Gasteiger partial charge is 0.300 e. The molecule has 3 rings (SSSR count). The van der Waals surface area contributed by atoms with E-state index in [0.717, 1.165) is 0 Å². The Labute approximate surface area is 133 Å². The summed E-state index contributed by atoms with van der Waals surface area (Å²) in [5, 5.41) is 0.374. The number of nitrogens with zero attached hydrogens (tertiary/aromatic N) is 1. The minimum absolute atomic E-state index is 0.0413. The molecule has 0 spiro atoms. The van der Waals surface area contributed by atoms with E-state index in [0.29, 0.717) is 20.7 Å². The van der Waals surface area contributed by atoms with Crippen molar-refractivity contribution in [1.29, 1.82) is 0 Å². The highest BCUT2D eigenvalue weighted by molar-refractivity contribution is 9.10. The zero-order valence-corrected chi connectivity index (χ0v) is 12.9. The van der Waals surface area contributed by atoms with Crippen molar-refractivity contribution < 1.29 is 14.0 Å². The molecule has 1 amide bonds. The van der Waals surface area contributed by atoms with E-state index in [4.69, 9.17) is 11.6 Å². The quantitative estimate of drug-likeness (QED) is 0.752. The first-order valence-corrected chi connectivity index (χ1v) is 7.25. The van der Waals surface area contributed by atoms with Gasteiger partial charge in [-0.15, -0.1) is 0 Å². The summed E-state index contributed by atoms with van der Waals surface area (Å²) in [5.74, 6) is -1.74. The van der Waals surface area contributed by atoms with Crippen molar-refractivity contribution in [2.75, 3.05) is 4.90 Å². The lowest BCUT2D eigenvalue weighted by molar-refractivity contribution is -0.114. The molecular formula is C15H8BrClFNO2. The summed E-state index contributed by atoms with van der Waals surface area (Å²) >= 11 is 9.11.